The van der Waals surface area contributed by atoms with Crippen molar-refractivity contribution in [3.63, 3.8) is 0 Å². The number of halogens is 2. The molecule has 0 bridgehead atoms. The Balaban J connectivity index is 2.07. The number of rotatable bonds is 6. The summed E-state index contributed by atoms with van der Waals surface area (Å²) in [4.78, 5) is 29.0. The van der Waals surface area contributed by atoms with Gasteiger partial charge in [0.15, 0.2) is 0 Å². The summed E-state index contributed by atoms with van der Waals surface area (Å²) >= 11 is 5.91. The fraction of sp³-hybridized carbons (Fsp3) is 0.273. The number of likely N-dealkylation sites (tertiary alicyclic amines) is 1. The first-order valence-electron chi connectivity index (χ1n) is 9.24. The lowest BCUT2D eigenvalue weighted by Crippen LogP contribution is -2.32. The molecular formula is C22H22ClFN2O3. The number of amides is 1. The molecule has 152 valence electrons. The summed E-state index contributed by atoms with van der Waals surface area (Å²) in [5, 5.41) is 11.4. The van der Waals surface area contributed by atoms with Crippen LogP contribution in [0.3, 0.4) is 0 Å². The van der Waals surface area contributed by atoms with Gasteiger partial charge in [-0.3, -0.25) is 9.59 Å². The van der Waals surface area contributed by atoms with Gasteiger partial charge in [0.05, 0.1) is 11.6 Å². The van der Waals surface area contributed by atoms with Crippen molar-refractivity contribution in [3.8, 4) is 0 Å². The van der Waals surface area contributed by atoms with Gasteiger partial charge in [0, 0.05) is 17.1 Å². The van der Waals surface area contributed by atoms with Crippen molar-refractivity contribution in [2.24, 2.45) is 0 Å². The minimum atomic E-state index is -0.784. The van der Waals surface area contributed by atoms with Crippen LogP contribution >= 0.6 is 11.6 Å². The molecule has 2 aromatic carbocycles. The highest BCUT2D eigenvalue weighted by molar-refractivity contribution is 6.46. The van der Waals surface area contributed by atoms with Crippen LogP contribution in [0.15, 0.2) is 54.1 Å². The van der Waals surface area contributed by atoms with E-state index in [9.17, 15) is 19.1 Å². The number of hydrogen-bond donors (Lipinski definition) is 1. The van der Waals surface area contributed by atoms with Gasteiger partial charge in [-0.15, -0.1) is 0 Å². The third-order valence-corrected chi connectivity index (χ3v) is 5.10. The Hall–Kier alpha value is -2.70. The Kier molecular flexibility index (Phi) is 6.35. The van der Waals surface area contributed by atoms with Crippen LogP contribution in [0, 0.1) is 5.82 Å². The highest BCUT2D eigenvalue weighted by atomic mass is 35.5. The van der Waals surface area contributed by atoms with Crippen molar-refractivity contribution in [1.29, 1.82) is 0 Å². The van der Waals surface area contributed by atoms with Crippen molar-refractivity contribution < 1.29 is 19.1 Å². The zero-order valence-electron chi connectivity index (χ0n) is 16.2. The molecule has 1 atom stereocenters. The molecule has 5 nitrogen and oxygen atoms in total. The van der Waals surface area contributed by atoms with E-state index >= 15 is 0 Å². The van der Waals surface area contributed by atoms with Gasteiger partial charge in [-0.05, 0) is 69.0 Å². The maximum Gasteiger partial charge on any atom is 0.295 e. The Labute approximate surface area is 174 Å². The molecule has 2 aromatic rings. The van der Waals surface area contributed by atoms with Crippen molar-refractivity contribution >= 4 is 29.1 Å². The van der Waals surface area contributed by atoms with Crippen LogP contribution in [0.4, 0.5) is 4.39 Å². The molecule has 1 aliphatic heterocycles. The Morgan fingerprint density at radius 2 is 1.72 bits per heavy atom. The molecule has 1 N–H and O–H groups in total. The van der Waals surface area contributed by atoms with Crippen LogP contribution in [0.25, 0.3) is 5.76 Å². The molecule has 1 saturated heterocycles. The summed E-state index contributed by atoms with van der Waals surface area (Å²) in [6.45, 7) is 1.07. The summed E-state index contributed by atoms with van der Waals surface area (Å²) < 4.78 is 13.4. The van der Waals surface area contributed by atoms with Crippen molar-refractivity contribution in [3.05, 3.63) is 76.1 Å². The first-order chi connectivity index (χ1) is 13.8. The monoisotopic (exact) mass is 416 g/mol. The first-order valence-corrected chi connectivity index (χ1v) is 9.62. The van der Waals surface area contributed by atoms with Gasteiger partial charge < -0.3 is 14.9 Å². The van der Waals surface area contributed by atoms with Gasteiger partial charge in [0.1, 0.15) is 11.6 Å². The lowest BCUT2D eigenvalue weighted by atomic mass is 9.95. The van der Waals surface area contributed by atoms with Crippen LogP contribution in [-0.4, -0.2) is 53.8 Å². The Morgan fingerprint density at radius 3 is 2.31 bits per heavy atom. The molecule has 7 heteroatoms. The number of carbonyl (C=O) groups is 2. The lowest BCUT2D eigenvalue weighted by molar-refractivity contribution is -0.139. The number of hydrogen-bond acceptors (Lipinski definition) is 4. The second kappa shape index (κ2) is 8.76. The lowest BCUT2D eigenvalue weighted by Gasteiger charge is -2.26. The zero-order chi connectivity index (χ0) is 21.1. The molecule has 29 heavy (non-hydrogen) atoms. The van der Waals surface area contributed by atoms with Crippen molar-refractivity contribution in [2.45, 2.75) is 12.5 Å². The van der Waals surface area contributed by atoms with E-state index in [-0.39, 0.29) is 11.3 Å². The summed E-state index contributed by atoms with van der Waals surface area (Å²) in [7, 11) is 3.85. The Bertz CT molecular complexity index is 940. The van der Waals surface area contributed by atoms with Crippen LogP contribution in [0.5, 0.6) is 0 Å². The topological polar surface area (TPSA) is 60.9 Å². The predicted octanol–water partition coefficient (Wildman–Crippen LogP) is 3.85. The fourth-order valence-electron chi connectivity index (χ4n) is 3.42. The number of ketones is 1. The SMILES string of the molecule is CN(C)CCCN1C(=O)C(=O)C(=C(O)c2ccc(Cl)cc2)C1c1ccc(F)cc1. The molecule has 1 unspecified atom stereocenters. The van der Waals surface area contributed by atoms with Crippen LogP contribution in [0.1, 0.15) is 23.6 Å². The zero-order valence-corrected chi connectivity index (χ0v) is 17.0. The third-order valence-electron chi connectivity index (χ3n) is 4.85. The molecule has 0 radical (unpaired) electrons. The second-order valence-electron chi connectivity index (χ2n) is 7.21. The van der Waals surface area contributed by atoms with E-state index in [0.29, 0.717) is 29.1 Å². The van der Waals surface area contributed by atoms with Crippen LogP contribution < -0.4 is 0 Å². The van der Waals surface area contributed by atoms with Gasteiger partial charge in [-0.2, -0.15) is 0 Å². The van der Waals surface area contributed by atoms with Crippen molar-refractivity contribution in [1.82, 2.24) is 9.80 Å². The average Bonchev–Trinajstić information content (AvgIpc) is 2.93. The predicted molar refractivity (Wildman–Crippen MR) is 110 cm³/mol. The van der Waals surface area contributed by atoms with Gasteiger partial charge in [0.25, 0.3) is 11.7 Å². The molecule has 1 heterocycles. The molecular weight excluding hydrogens is 395 g/mol. The van der Waals surface area contributed by atoms with Crippen molar-refractivity contribution in [2.75, 3.05) is 27.2 Å². The van der Waals surface area contributed by atoms with E-state index in [1.165, 1.54) is 29.2 Å². The summed E-state index contributed by atoms with van der Waals surface area (Å²) in [6.07, 6.45) is 0.651. The molecule has 0 saturated carbocycles. The summed E-state index contributed by atoms with van der Waals surface area (Å²) in [5.41, 5.74) is 0.938. The third kappa shape index (κ3) is 4.49. The molecule has 1 aliphatic rings. The molecule has 0 spiro atoms. The number of Topliss-reactive ketones (excluding diaryl/α,β-unsaturated/α-hetero) is 1. The molecule has 0 aliphatic carbocycles. The van der Waals surface area contributed by atoms with Crippen LogP contribution in [-0.2, 0) is 9.59 Å². The van der Waals surface area contributed by atoms with E-state index in [4.69, 9.17) is 11.6 Å². The number of benzene rings is 2. The maximum absolute atomic E-state index is 13.4. The highest BCUT2D eigenvalue weighted by Crippen LogP contribution is 2.39. The largest absolute Gasteiger partial charge is 0.507 e. The van der Waals surface area contributed by atoms with Gasteiger partial charge in [-0.25, -0.2) is 4.39 Å². The molecule has 1 amide bonds. The quantitative estimate of drug-likeness (QED) is 0.441. The number of carbonyl (C=O) groups excluding carboxylic acids is 2. The summed E-state index contributed by atoms with van der Waals surface area (Å²) in [6, 6.07) is 11.2. The second-order valence-corrected chi connectivity index (χ2v) is 7.64. The van der Waals surface area contributed by atoms with E-state index < -0.39 is 23.5 Å². The average molecular weight is 417 g/mol. The molecule has 0 aromatic heterocycles. The van der Waals surface area contributed by atoms with Crippen LogP contribution in [0.2, 0.25) is 5.02 Å². The van der Waals surface area contributed by atoms with E-state index in [1.54, 1.807) is 24.3 Å². The van der Waals surface area contributed by atoms with Gasteiger partial charge in [-0.1, -0.05) is 23.7 Å². The number of nitrogens with zero attached hydrogens (tertiary/aromatic N) is 2. The summed E-state index contributed by atoms with van der Waals surface area (Å²) in [5.74, 6) is -2.12. The minimum Gasteiger partial charge on any atom is -0.507 e. The van der Waals surface area contributed by atoms with E-state index in [0.717, 1.165) is 6.54 Å². The normalized spacial score (nSPS) is 18.7. The van der Waals surface area contributed by atoms with E-state index in [2.05, 4.69) is 0 Å². The molecule has 3 rings (SSSR count). The highest BCUT2D eigenvalue weighted by Gasteiger charge is 2.45. The smallest absolute Gasteiger partial charge is 0.295 e. The maximum atomic E-state index is 13.4. The van der Waals surface area contributed by atoms with E-state index in [1.807, 2.05) is 19.0 Å². The first kappa shape index (κ1) is 21.0. The number of aliphatic hydroxyl groups excluding tert-OH is 1. The Morgan fingerprint density at radius 1 is 1.10 bits per heavy atom. The number of aliphatic hydroxyl groups is 1. The fourth-order valence-corrected chi connectivity index (χ4v) is 3.55. The standard InChI is InChI=1S/C22H22ClFN2O3/c1-25(2)12-3-13-26-19(14-6-10-17(24)11-7-14)18(21(28)22(26)29)20(27)15-4-8-16(23)9-5-15/h4-11,19,27H,3,12-13H2,1-2H3. The molecule has 1 fully saturated rings. The minimum absolute atomic E-state index is 0.00576. The van der Waals surface area contributed by atoms with Gasteiger partial charge in [0.2, 0.25) is 0 Å². The van der Waals surface area contributed by atoms with Gasteiger partial charge >= 0.3 is 0 Å².